The van der Waals surface area contributed by atoms with E-state index in [9.17, 15) is 4.79 Å². The minimum atomic E-state index is -0.329. The Morgan fingerprint density at radius 1 is 1.33 bits per heavy atom. The fourth-order valence-electron chi connectivity index (χ4n) is 2.61. The van der Waals surface area contributed by atoms with Gasteiger partial charge in [-0.1, -0.05) is 35.9 Å². The minimum absolute atomic E-state index is 0.0747. The molecule has 0 saturated heterocycles. The summed E-state index contributed by atoms with van der Waals surface area (Å²) in [4.78, 5) is 16.7. The van der Waals surface area contributed by atoms with Crippen LogP contribution in [0, 0.1) is 6.92 Å². The second-order valence-corrected chi connectivity index (χ2v) is 5.48. The third-order valence-electron chi connectivity index (χ3n) is 3.68. The van der Waals surface area contributed by atoms with Crippen molar-refractivity contribution in [2.75, 3.05) is 11.9 Å². The van der Waals surface area contributed by atoms with Crippen molar-refractivity contribution in [3.05, 3.63) is 58.4 Å². The molecule has 21 heavy (non-hydrogen) atoms. The third kappa shape index (κ3) is 2.91. The van der Waals surface area contributed by atoms with E-state index in [1.165, 1.54) is 5.56 Å². The van der Waals surface area contributed by atoms with Crippen molar-refractivity contribution < 1.29 is 4.79 Å². The van der Waals surface area contributed by atoms with Gasteiger partial charge in [0.15, 0.2) is 0 Å². The lowest BCUT2D eigenvalue weighted by atomic mass is 9.94. The van der Waals surface area contributed by atoms with Gasteiger partial charge in [-0.15, -0.1) is 0 Å². The average Bonchev–Trinajstić information content (AvgIpc) is 2.49. The number of benzene rings is 1. The molecule has 1 aromatic carbocycles. The summed E-state index contributed by atoms with van der Waals surface area (Å²) >= 11 is 5.83. The van der Waals surface area contributed by atoms with Gasteiger partial charge in [-0.2, -0.15) is 0 Å². The van der Waals surface area contributed by atoms with Gasteiger partial charge >= 0.3 is 0 Å². The summed E-state index contributed by atoms with van der Waals surface area (Å²) in [7, 11) is 0. The number of anilines is 1. The molecule has 3 rings (SSSR count). The lowest BCUT2D eigenvalue weighted by Gasteiger charge is -2.26. The second-order valence-electron chi connectivity index (χ2n) is 5.09. The van der Waals surface area contributed by atoms with Crippen molar-refractivity contribution in [3.8, 4) is 0 Å². The maximum Gasteiger partial charge on any atom is 0.246 e. The molecule has 0 spiro atoms. The monoisotopic (exact) mass is 301 g/mol. The zero-order valence-electron chi connectivity index (χ0n) is 11.7. The number of nitrogens with zero attached hydrogens (tertiary/aromatic N) is 1. The molecule has 0 bridgehead atoms. The zero-order chi connectivity index (χ0) is 14.8. The molecule has 5 heteroatoms. The van der Waals surface area contributed by atoms with E-state index in [4.69, 9.17) is 11.6 Å². The van der Waals surface area contributed by atoms with Crippen LogP contribution in [0.2, 0.25) is 5.15 Å². The first-order chi connectivity index (χ1) is 10.1. The summed E-state index contributed by atoms with van der Waals surface area (Å²) in [6.45, 7) is 2.62. The maximum absolute atomic E-state index is 12.5. The van der Waals surface area contributed by atoms with Crippen LogP contribution in [-0.2, 0) is 11.2 Å². The van der Waals surface area contributed by atoms with Crippen molar-refractivity contribution >= 4 is 23.2 Å². The number of carbonyl (C=O) groups is 1. The Morgan fingerprint density at radius 2 is 2.14 bits per heavy atom. The number of hydrogen-bond acceptors (Lipinski definition) is 3. The highest BCUT2D eigenvalue weighted by atomic mass is 35.5. The third-order valence-corrected chi connectivity index (χ3v) is 3.89. The molecule has 0 aliphatic carbocycles. The molecule has 1 unspecified atom stereocenters. The normalized spacial score (nSPS) is 17.1. The molecule has 0 fully saturated rings. The number of carbonyl (C=O) groups excluding carboxylic acids is 1. The Bertz CT molecular complexity index is 687. The Morgan fingerprint density at radius 3 is 2.95 bits per heavy atom. The maximum atomic E-state index is 12.5. The van der Waals surface area contributed by atoms with Gasteiger partial charge in [0.1, 0.15) is 11.2 Å². The molecule has 2 N–H and O–H groups in total. The zero-order valence-corrected chi connectivity index (χ0v) is 12.4. The lowest BCUT2D eigenvalue weighted by Crippen LogP contribution is -2.38. The molecule has 1 atom stereocenters. The van der Waals surface area contributed by atoms with Crippen molar-refractivity contribution in [2.45, 2.75) is 19.4 Å². The van der Waals surface area contributed by atoms with Crippen LogP contribution in [0.15, 0.2) is 36.4 Å². The first-order valence-corrected chi connectivity index (χ1v) is 7.28. The van der Waals surface area contributed by atoms with Crippen LogP contribution >= 0.6 is 11.6 Å². The molecule has 2 heterocycles. The second kappa shape index (κ2) is 5.84. The number of aromatic nitrogens is 1. The van der Waals surface area contributed by atoms with Gasteiger partial charge in [-0.25, -0.2) is 4.98 Å². The summed E-state index contributed by atoms with van der Waals surface area (Å²) in [5.74, 6) is -0.0747. The lowest BCUT2D eigenvalue weighted by molar-refractivity contribution is -0.118. The molecule has 1 aliphatic rings. The summed E-state index contributed by atoms with van der Waals surface area (Å²) < 4.78 is 0. The number of halogens is 1. The smallest absolute Gasteiger partial charge is 0.246 e. The highest BCUT2D eigenvalue weighted by Gasteiger charge is 2.26. The molecule has 4 nitrogen and oxygen atoms in total. The predicted molar refractivity (Wildman–Crippen MR) is 83.5 cm³/mol. The molecule has 108 valence electrons. The number of fused-ring (bicyclic) bond motifs is 1. The van der Waals surface area contributed by atoms with Crippen molar-refractivity contribution in [2.24, 2.45) is 0 Å². The van der Waals surface area contributed by atoms with Crippen molar-refractivity contribution in [3.63, 3.8) is 0 Å². The Labute approximate surface area is 128 Å². The van der Waals surface area contributed by atoms with Crippen molar-refractivity contribution in [1.29, 1.82) is 0 Å². The summed E-state index contributed by atoms with van der Waals surface area (Å²) in [6.07, 6.45) is 0.946. The van der Waals surface area contributed by atoms with Gasteiger partial charge in [0.2, 0.25) is 5.91 Å². The molecule has 2 aromatic rings. The van der Waals surface area contributed by atoms with Gasteiger partial charge in [0.25, 0.3) is 0 Å². The van der Waals surface area contributed by atoms with Gasteiger partial charge < -0.3 is 10.6 Å². The summed E-state index contributed by atoms with van der Waals surface area (Å²) in [5, 5.41) is 6.62. The van der Waals surface area contributed by atoms with Crippen LogP contribution in [0.4, 0.5) is 5.69 Å². The van der Waals surface area contributed by atoms with Gasteiger partial charge in [-0.3, -0.25) is 4.79 Å². The highest BCUT2D eigenvalue weighted by Crippen LogP contribution is 2.24. The van der Waals surface area contributed by atoms with Gasteiger partial charge in [0, 0.05) is 6.54 Å². The standard InChI is InChI=1S/C16H16ClN3O/c1-10-13(6-7-14(17)19-10)20-16(21)15-12-5-3-2-4-11(12)8-9-18-15/h2-7,15,18H,8-9H2,1H3,(H,20,21). The van der Waals surface area contributed by atoms with Crippen LogP contribution < -0.4 is 10.6 Å². The number of aryl methyl sites for hydroxylation is 1. The van der Waals surface area contributed by atoms with E-state index in [-0.39, 0.29) is 11.9 Å². The van der Waals surface area contributed by atoms with E-state index in [1.54, 1.807) is 12.1 Å². The molecule has 1 aromatic heterocycles. The van der Waals surface area contributed by atoms with Crippen molar-refractivity contribution in [1.82, 2.24) is 10.3 Å². The quantitative estimate of drug-likeness (QED) is 0.839. The summed E-state index contributed by atoms with van der Waals surface area (Å²) in [5.41, 5.74) is 3.66. The van der Waals surface area contributed by atoms with E-state index in [1.807, 2.05) is 25.1 Å². The van der Waals surface area contributed by atoms with Crippen LogP contribution in [0.5, 0.6) is 0 Å². The predicted octanol–water partition coefficient (Wildman–Crippen LogP) is 2.87. The summed E-state index contributed by atoms with van der Waals surface area (Å²) in [6, 6.07) is 11.2. The fourth-order valence-corrected chi connectivity index (χ4v) is 2.80. The topological polar surface area (TPSA) is 54.0 Å². The highest BCUT2D eigenvalue weighted by molar-refractivity contribution is 6.29. The number of nitrogens with one attached hydrogen (secondary N) is 2. The fraction of sp³-hybridized carbons (Fsp3) is 0.250. The van der Waals surface area contributed by atoms with Crippen LogP contribution in [-0.4, -0.2) is 17.4 Å². The number of pyridine rings is 1. The molecular weight excluding hydrogens is 286 g/mol. The van der Waals surface area contributed by atoms with E-state index in [2.05, 4.69) is 21.7 Å². The SMILES string of the molecule is Cc1nc(Cl)ccc1NC(=O)C1NCCc2ccccc21. The Hall–Kier alpha value is -1.91. The average molecular weight is 302 g/mol. The Balaban J connectivity index is 1.83. The van der Waals surface area contributed by atoms with Crippen LogP contribution in [0.1, 0.15) is 22.9 Å². The molecule has 1 amide bonds. The molecule has 1 aliphatic heterocycles. The van der Waals surface area contributed by atoms with Crippen LogP contribution in [0.3, 0.4) is 0 Å². The number of amides is 1. The van der Waals surface area contributed by atoms with Gasteiger partial charge in [0.05, 0.1) is 11.4 Å². The van der Waals surface area contributed by atoms with E-state index >= 15 is 0 Å². The first kappa shape index (κ1) is 14.0. The molecule has 0 saturated carbocycles. The largest absolute Gasteiger partial charge is 0.323 e. The van der Waals surface area contributed by atoms with Gasteiger partial charge in [-0.05, 0) is 36.6 Å². The van der Waals surface area contributed by atoms with E-state index in [0.717, 1.165) is 18.5 Å². The molecular formula is C16H16ClN3O. The Kier molecular flexibility index (Phi) is 3.90. The van der Waals surface area contributed by atoms with Crippen LogP contribution in [0.25, 0.3) is 0 Å². The number of hydrogen-bond donors (Lipinski definition) is 2. The van der Waals surface area contributed by atoms with E-state index < -0.39 is 0 Å². The molecule has 0 radical (unpaired) electrons. The first-order valence-electron chi connectivity index (χ1n) is 6.90. The number of rotatable bonds is 2. The van der Waals surface area contributed by atoms with E-state index in [0.29, 0.717) is 16.5 Å². The minimum Gasteiger partial charge on any atom is -0.323 e.